The van der Waals surface area contributed by atoms with Crippen molar-refractivity contribution in [3.63, 3.8) is 0 Å². The van der Waals surface area contributed by atoms with Crippen LogP contribution in [0, 0.1) is 17.3 Å². The van der Waals surface area contributed by atoms with E-state index in [4.69, 9.17) is 14.2 Å². The van der Waals surface area contributed by atoms with Gasteiger partial charge in [0.25, 0.3) is 11.8 Å². The molecule has 1 aromatic carbocycles. The van der Waals surface area contributed by atoms with Crippen LogP contribution in [0.4, 0.5) is 13.2 Å². The highest BCUT2D eigenvalue weighted by Gasteiger charge is 2.72. The zero-order valence-electron chi connectivity index (χ0n) is 24.0. The van der Waals surface area contributed by atoms with Crippen LogP contribution in [-0.4, -0.2) is 61.6 Å². The van der Waals surface area contributed by atoms with Crippen LogP contribution in [0.1, 0.15) is 70.2 Å². The Kier molecular flexibility index (Phi) is 7.66. The van der Waals surface area contributed by atoms with Crippen molar-refractivity contribution in [3.05, 3.63) is 29.0 Å². The third-order valence-corrected chi connectivity index (χ3v) is 8.71. The molecule has 11 heteroatoms. The molecule has 1 aliphatic heterocycles. The van der Waals surface area contributed by atoms with Gasteiger partial charge in [0.05, 0.1) is 26.9 Å². The van der Waals surface area contributed by atoms with Gasteiger partial charge < -0.3 is 24.4 Å². The number of halogens is 3. The number of benzene rings is 1. The molecule has 4 rings (SSSR count). The van der Waals surface area contributed by atoms with Crippen LogP contribution in [0.15, 0.2) is 23.4 Å². The molecule has 0 aromatic heterocycles. The molecular weight excluding hydrogens is 529 g/mol. The van der Waals surface area contributed by atoms with Gasteiger partial charge in [-0.1, -0.05) is 40.5 Å². The van der Waals surface area contributed by atoms with Crippen molar-refractivity contribution in [2.24, 2.45) is 17.3 Å². The Bertz CT molecular complexity index is 1230. The Morgan fingerprint density at radius 2 is 1.60 bits per heavy atom. The van der Waals surface area contributed by atoms with Crippen molar-refractivity contribution in [1.29, 1.82) is 0 Å². The number of amides is 2. The molecule has 3 aliphatic rings. The van der Waals surface area contributed by atoms with Crippen molar-refractivity contribution in [3.8, 4) is 17.2 Å². The van der Waals surface area contributed by atoms with Crippen LogP contribution < -0.4 is 19.5 Å². The Hall–Kier alpha value is -3.24. The predicted octanol–water partition coefficient (Wildman–Crippen LogP) is 5.05. The summed E-state index contributed by atoms with van der Waals surface area (Å²) in [6.45, 7) is 7.55. The number of Topliss-reactive ketones (excluding diaryl/α,β-unsaturated/α-hetero) is 1. The number of hydrogen-bond donors (Lipinski definition) is 1. The molecule has 0 saturated heterocycles. The second-order valence-electron chi connectivity index (χ2n) is 11.9. The van der Waals surface area contributed by atoms with Gasteiger partial charge in [0.1, 0.15) is 0 Å². The van der Waals surface area contributed by atoms with Gasteiger partial charge in [-0.15, -0.1) is 0 Å². The average molecular weight is 567 g/mol. The van der Waals surface area contributed by atoms with Crippen molar-refractivity contribution < 1.29 is 41.8 Å². The summed E-state index contributed by atoms with van der Waals surface area (Å²) in [5, 5.41) is 2.00. The normalized spacial score (nSPS) is 28.4. The minimum atomic E-state index is -5.30. The SMILES string of the molecule is COc1cc(C(=O)N[C@]2(C(F)(F)F)C(=O)N([C@@H]3CCC[C@H](C)[C@@H]3C)C3=C2C(=O)CC(C)(C)C3)cc(OC)c1OC. The molecule has 0 bridgehead atoms. The van der Waals surface area contributed by atoms with Gasteiger partial charge in [0.15, 0.2) is 17.3 Å². The van der Waals surface area contributed by atoms with Crippen LogP contribution in [0.25, 0.3) is 0 Å². The standard InChI is InChI=1S/C29H37F3N2O6/c1-15-9-8-10-18(16(15)2)34-19-13-27(3,4)14-20(35)23(19)28(26(34)37,29(30,31)32)33-25(36)17-11-21(38-5)24(40-7)22(12-17)39-6/h11-12,15-16,18H,8-10,13-14H2,1-7H3,(H,33,36)/t15-,16-,18+,28-/m0/s1. The highest BCUT2D eigenvalue weighted by molar-refractivity contribution is 6.14. The Labute approximate surface area is 232 Å². The maximum Gasteiger partial charge on any atom is 0.425 e. The topological polar surface area (TPSA) is 94.2 Å². The summed E-state index contributed by atoms with van der Waals surface area (Å²) in [5.74, 6) is -3.00. The first-order chi connectivity index (χ1) is 18.6. The Morgan fingerprint density at radius 1 is 1.00 bits per heavy atom. The lowest BCUT2D eigenvalue weighted by Crippen LogP contribution is -2.67. The number of methoxy groups -OCH3 is 3. The first-order valence-corrected chi connectivity index (χ1v) is 13.4. The van der Waals surface area contributed by atoms with Gasteiger partial charge in [-0.3, -0.25) is 14.4 Å². The van der Waals surface area contributed by atoms with Crippen LogP contribution in [0.5, 0.6) is 17.2 Å². The predicted molar refractivity (Wildman–Crippen MR) is 140 cm³/mol. The van der Waals surface area contributed by atoms with E-state index in [0.717, 1.165) is 12.8 Å². The molecule has 1 N–H and O–H groups in total. The van der Waals surface area contributed by atoms with Gasteiger partial charge in [-0.05, 0) is 42.2 Å². The van der Waals surface area contributed by atoms with E-state index in [9.17, 15) is 14.4 Å². The molecule has 1 saturated carbocycles. The number of alkyl halides is 3. The monoisotopic (exact) mass is 566 g/mol. The quantitative estimate of drug-likeness (QED) is 0.518. The highest BCUT2D eigenvalue weighted by atomic mass is 19.4. The summed E-state index contributed by atoms with van der Waals surface area (Å²) < 4.78 is 61.6. The van der Waals surface area contributed by atoms with E-state index in [0.29, 0.717) is 6.42 Å². The van der Waals surface area contributed by atoms with E-state index in [1.54, 1.807) is 13.8 Å². The molecular formula is C29H37F3N2O6. The van der Waals surface area contributed by atoms with Crippen molar-refractivity contribution >= 4 is 17.6 Å². The molecule has 2 aliphatic carbocycles. The van der Waals surface area contributed by atoms with Crippen molar-refractivity contribution in [1.82, 2.24) is 10.2 Å². The van der Waals surface area contributed by atoms with Crippen LogP contribution >= 0.6 is 0 Å². The number of nitrogens with one attached hydrogen (secondary N) is 1. The number of carbonyl (C=O) groups is 3. The Morgan fingerprint density at radius 3 is 2.12 bits per heavy atom. The molecule has 0 spiro atoms. The number of allylic oxidation sites excluding steroid dienone is 1. The molecule has 2 amide bonds. The fraction of sp³-hybridized carbons (Fsp3) is 0.621. The van der Waals surface area contributed by atoms with E-state index >= 15 is 13.2 Å². The van der Waals surface area contributed by atoms with Crippen LogP contribution in [-0.2, 0) is 9.59 Å². The summed E-state index contributed by atoms with van der Waals surface area (Å²) in [6, 6.07) is 1.87. The van der Waals surface area contributed by atoms with E-state index < -0.39 is 46.3 Å². The second kappa shape index (κ2) is 10.3. The first-order valence-electron chi connectivity index (χ1n) is 13.4. The third kappa shape index (κ3) is 4.60. The van der Waals surface area contributed by atoms with Crippen LogP contribution in [0.2, 0.25) is 0 Å². The zero-order valence-corrected chi connectivity index (χ0v) is 24.0. The smallest absolute Gasteiger partial charge is 0.425 e. The summed E-state index contributed by atoms with van der Waals surface area (Å²) in [6.07, 6.45) is -3.21. The number of carbonyl (C=O) groups excluding carboxylic acids is 3. The summed E-state index contributed by atoms with van der Waals surface area (Å²) in [4.78, 5) is 42.5. The molecule has 1 fully saturated rings. The fourth-order valence-electron chi connectivity index (χ4n) is 6.50. The van der Waals surface area contributed by atoms with Gasteiger partial charge in [-0.2, -0.15) is 13.2 Å². The molecule has 40 heavy (non-hydrogen) atoms. The lowest BCUT2D eigenvalue weighted by atomic mass is 9.72. The molecule has 0 radical (unpaired) electrons. The van der Waals surface area contributed by atoms with Crippen molar-refractivity contribution in [2.45, 2.75) is 77.6 Å². The largest absolute Gasteiger partial charge is 0.493 e. The maximum absolute atomic E-state index is 15.3. The van der Waals surface area contributed by atoms with Gasteiger partial charge in [0, 0.05) is 23.7 Å². The van der Waals surface area contributed by atoms with Gasteiger partial charge in [-0.25, -0.2) is 0 Å². The highest BCUT2D eigenvalue weighted by Crippen LogP contribution is 2.54. The van der Waals surface area contributed by atoms with Gasteiger partial charge in [0.2, 0.25) is 11.3 Å². The number of ether oxygens (including phenoxy) is 3. The lowest BCUT2D eigenvalue weighted by molar-refractivity contribution is -0.192. The molecule has 220 valence electrons. The van der Waals surface area contributed by atoms with Gasteiger partial charge >= 0.3 is 6.18 Å². The summed E-state index contributed by atoms with van der Waals surface area (Å²) >= 11 is 0. The Balaban J connectivity index is 1.90. The summed E-state index contributed by atoms with van der Waals surface area (Å²) in [5.41, 5.74) is -5.03. The number of rotatable bonds is 6. The number of hydrogen-bond acceptors (Lipinski definition) is 6. The maximum atomic E-state index is 15.3. The number of ketones is 1. The molecule has 1 heterocycles. The van der Waals surface area contributed by atoms with E-state index in [1.807, 2.05) is 19.2 Å². The lowest BCUT2D eigenvalue weighted by Gasteiger charge is -2.43. The third-order valence-electron chi connectivity index (χ3n) is 8.71. The molecule has 8 nitrogen and oxygen atoms in total. The van der Waals surface area contributed by atoms with Crippen LogP contribution in [0.3, 0.4) is 0 Å². The van der Waals surface area contributed by atoms with E-state index in [1.165, 1.54) is 38.4 Å². The van der Waals surface area contributed by atoms with Crippen molar-refractivity contribution in [2.75, 3.05) is 21.3 Å². The van der Waals surface area contributed by atoms with E-state index in [-0.39, 0.29) is 53.2 Å². The second-order valence-corrected chi connectivity index (χ2v) is 11.9. The molecule has 1 aromatic rings. The molecule has 4 atom stereocenters. The minimum absolute atomic E-state index is 0.0489. The first kappa shape index (κ1) is 29.7. The zero-order chi connectivity index (χ0) is 29.8. The minimum Gasteiger partial charge on any atom is -0.493 e. The van der Waals surface area contributed by atoms with E-state index in [2.05, 4.69) is 0 Å². The fourth-order valence-corrected chi connectivity index (χ4v) is 6.50. The number of nitrogens with zero attached hydrogens (tertiary/aromatic N) is 1. The summed E-state index contributed by atoms with van der Waals surface area (Å²) in [7, 11) is 3.96. The average Bonchev–Trinajstić information content (AvgIpc) is 3.11. The molecule has 0 unspecified atom stereocenters.